The van der Waals surface area contributed by atoms with Gasteiger partial charge in [-0.25, -0.2) is 0 Å². The Morgan fingerprint density at radius 3 is 2.80 bits per heavy atom. The van der Waals surface area contributed by atoms with Gasteiger partial charge in [-0.05, 0) is 44.7 Å². The lowest BCUT2D eigenvalue weighted by molar-refractivity contribution is 0.0601. The molecule has 1 aliphatic heterocycles. The van der Waals surface area contributed by atoms with Gasteiger partial charge in [0.05, 0.1) is 11.8 Å². The molecule has 1 fully saturated rings. The van der Waals surface area contributed by atoms with E-state index < -0.39 is 0 Å². The fraction of sp³-hybridized carbons (Fsp3) is 0.421. The second-order valence-electron chi connectivity index (χ2n) is 6.47. The molecule has 1 atom stereocenters. The Balaban J connectivity index is 1.57. The molecule has 0 radical (unpaired) electrons. The Bertz CT molecular complexity index is 726. The highest BCUT2D eigenvalue weighted by Crippen LogP contribution is 2.22. The molecule has 1 saturated heterocycles. The lowest BCUT2D eigenvalue weighted by Crippen LogP contribution is -2.45. The van der Waals surface area contributed by atoms with E-state index in [0.29, 0.717) is 17.7 Å². The molecule has 25 heavy (non-hydrogen) atoms. The summed E-state index contributed by atoms with van der Waals surface area (Å²) < 4.78 is 0. The van der Waals surface area contributed by atoms with Crippen LogP contribution in [-0.2, 0) is 0 Å². The van der Waals surface area contributed by atoms with E-state index in [2.05, 4.69) is 15.5 Å². The number of likely N-dealkylation sites (tertiary alicyclic amines) is 1. The predicted octanol–water partition coefficient (Wildman–Crippen LogP) is 2.53. The average Bonchev–Trinajstić information content (AvgIpc) is 3.08. The van der Waals surface area contributed by atoms with Crippen molar-refractivity contribution in [1.29, 1.82) is 0 Å². The first kappa shape index (κ1) is 17.2. The van der Waals surface area contributed by atoms with Crippen molar-refractivity contribution in [3.63, 3.8) is 0 Å². The van der Waals surface area contributed by atoms with Crippen molar-refractivity contribution in [2.24, 2.45) is 0 Å². The molecule has 2 heterocycles. The van der Waals surface area contributed by atoms with Crippen LogP contribution in [0.4, 0.5) is 0 Å². The van der Waals surface area contributed by atoms with Gasteiger partial charge in [-0.3, -0.25) is 14.7 Å². The van der Waals surface area contributed by atoms with Crippen LogP contribution in [0.3, 0.4) is 0 Å². The minimum absolute atomic E-state index is 0.0327. The van der Waals surface area contributed by atoms with E-state index >= 15 is 0 Å². The van der Waals surface area contributed by atoms with Crippen molar-refractivity contribution in [2.45, 2.75) is 38.6 Å². The number of aryl methyl sites for hydroxylation is 1. The van der Waals surface area contributed by atoms with Gasteiger partial charge in [-0.1, -0.05) is 18.2 Å². The van der Waals surface area contributed by atoms with Gasteiger partial charge in [0, 0.05) is 30.4 Å². The smallest absolute Gasteiger partial charge is 0.257 e. The Morgan fingerprint density at radius 2 is 2.08 bits per heavy atom. The van der Waals surface area contributed by atoms with Gasteiger partial charge in [-0.2, -0.15) is 5.10 Å². The zero-order valence-corrected chi connectivity index (χ0v) is 14.5. The minimum Gasteiger partial charge on any atom is -0.352 e. The number of aromatic amines is 1. The molecule has 1 aliphatic rings. The average molecular weight is 340 g/mol. The number of rotatable bonds is 5. The summed E-state index contributed by atoms with van der Waals surface area (Å²) in [6.45, 7) is 3.19. The van der Waals surface area contributed by atoms with Gasteiger partial charge in [0.2, 0.25) is 0 Å². The molecule has 6 nitrogen and oxygen atoms in total. The third-order valence-corrected chi connectivity index (χ3v) is 4.75. The Labute approximate surface area is 147 Å². The summed E-state index contributed by atoms with van der Waals surface area (Å²) >= 11 is 0. The van der Waals surface area contributed by atoms with Crippen LogP contribution in [-0.4, -0.2) is 46.0 Å². The summed E-state index contributed by atoms with van der Waals surface area (Å²) in [5, 5.41) is 9.73. The molecule has 2 N–H and O–H groups in total. The number of H-pyrrole nitrogens is 1. The number of amides is 2. The first-order valence-electron chi connectivity index (χ1n) is 8.81. The fourth-order valence-corrected chi connectivity index (χ4v) is 3.33. The number of nitrogens with one attached hydrogen (secondary N) is 2. The normalized spacial score (nSPS) is 17.3. The highest BCUT2D eigenvalue weighted by molar-refractivity contribution is 5.95. The second kappa shape index (κ2) is 7.96. The van der Waals surface area contributed by atoms with Crippen LogP contribution in [0.5, 0.6) is 0 Å². The van der Waals surface area contributed by atoms with Crippen molar-refractivity contribution in [1.82, 2.24) is 20.4 Å². The molecule has 1 aromatic heterocycles. The van der Waals surface area contributed by atoms with Gasteiger partial charge >= 0.3 is 0 Å². The molecule has 6 heteroatoms. The summed E-state index contributed by atoms with van der Waals surface area (Å²) in [5.41, 5.74) is 2.10. The van der Waals surface area contributed by atoms with E-state index in [9.17, 15) is 9.59 Å². The summed E-state index contributed by atoms with van der Waals surface area (Å²) in [6, 6.07) is 9.35. The summed E-state index contributed by atoms with van der Waals surface area (Å²) in [5.74, 6) is -0.0368. The van der Waals surface area contributed by atoms with Crippen molar-refractivity contribution < 1.29 is 9.59 Å². The van der Waals surface area contributed by atoms with Crippen molar-refractivity contribution >= 4 is 11.8 Å². The van der Waals surface area contributed by atoms with Gasteiger partial charge < -0.3 is 10.2 Å². The van der Waals surface area contributed by atoms with Crippen LogP contribution >= 0.6 is 0 Å². The van der Waals surface area contributed by atoms with Gasteiger partial charge in [0.1, 0.15) is 0 Å². The van der Waals surface area contributed by atoms with Gasteiger partial charge in [0.25, 0.3) is 11.8 Å². The molecule has 2 amide bonds. The zero-order chi connectivity index (χ0) is 17.6. The number of aromatic nitrogens is 2. The number of benzene rings is 1. The number of piperidine rings is 1. The number of carbonyl (C=O) groups is 2. The molecule has 1 unspecified atom stereocenters. The summed E-state index contributed by atoms with van der Waals surface area (Å²) in [6.07, 6.45) is 5.48. The number of carbonyl (C=O) groups excluding carboxylic acids is 2. The minimum atomic E-state index is -0.0695. The van der Waals surface area contributed by atoms with E-state index in [1.54, 1.807) is 18.3 Å². The van der Waals surface area contributed by atoms with E-state index in [-0.39, 0.29) is 17.9 Å². The molecule has 132 valence electrons. The molecule has 0 saturated carbocycles. The summed E-state index contributed by atoms with van der Waals surface area (Å²) in [7, 11) is 0. The Hall–Kier alpha value is -2.63. The quantitative estimate of drug-likeness (QED) is 0.878. The van der Waals surface area contributed by atoms with Crippen molar-refractivity contribution in [3.8, 4) is 0 Å². The van der Waals surface area contributed by atoms with Gasteiger partial charge in [-0.15, -0.1) is 0 Å². The first-order valence-corrected chi connectivity index (χ1v) is 8.81. The van der Waals surface area contributed by atoms with Crippen LogP contribution in [0, 0.1) is 6.92 Å². The molecular formula is C19H24N4O2. The monoisotopic (exact) mass is 340 g/mol. The van der Waals surface area contributed by atoms with E-state index in [4.69, 9.17) is 0 Å². The largest absolute Gasteiger partial charge is 0.352 e. The third-order valence-electron chi connectivity index (χ3n) is 4.75. The number of hydrogen-bond acceptors (Lipinski definition) is 3. The lowest BCUT2D eigenvalue weighted by atomic mass is 9.98. The number of hydrogen-bond donors (Lipinski definition) is 2. The zero-order valence-electron chi connectivity index (χ0n) is 14.5. The topological polar surface area (TPSA) is 78.1 Å². The first-order chi connectivity index (χ1) is 12.2. The highest BCUT2D eigenvalue weighted by Gasteiger charge is 2.28. The molecule has 0 aliphatic carbocycles. The van der Waals surface area contributed by atoms with Crippen LogP contribution in [0.2, 0.25) is 0 Å². The van der Waals surface area contributed by atoms with Crippen LogP contribution in [0.15, 0.2) is 36.5 Å². The molecule has 2 aromatic rings. The maximum atomic E-state index is 12.8. The molecule has 3 rings (SSSR count). The standard InChI is InChI=1S/C19H24N4O2/c1-14-17(13-21-22-14)19(25)23-12-6-5-9-16(23)10-11-20-18(24)15-7-3-2-4-8-15/h2-4,7-8,13,16H,5-6,9-12H2,1H3,(H,20,24)(H,21,22). The molecular weight excluding hydrogens is 316 g/mol. The lowest BCUT2D eigenvalue weighted by Gasteiger charge is -2.36. The highest BCUT2D eigenvalue weighted by atomic mass is 16.2. The molecule has 1 aromatic carbocycles. The molecule has 0 bridgehead atoms. The predicted molar refractivity (Wildman–Crippen MR) is 95.4 cm³/mol. The van der Waals surface area contributed by atoms with E-state index in [0.717, 1.165) is 37.9 Å². The van der Waals surface area contributed by atoms with Crippen LogP contribution in [0.25, 0.3) is 0 Å². The Kier molecular flexibility index (Phi) is 5.48. The van der Waals surface area contributed by atoms with E-state index in [1.165, 1.54) is 0 Å². The third kappa shape index (κ3) is 4.07. The van der Waals surface area contributed by atoms with Crippen LogP contribution in [0.1, 0.15) is 52.1 Å². The van der Waals surface area contributed by atoms with Crippen LogP contribution < -0.4 is 5.32 Å². The van der Waals surface area contributed by atoms with Crippen molar-refractivity contribution in [2.75, 3.05) is 13.1 Å². The maximum absolute atomic E-state index is 12.8. The summed E-state index contributed by atoms with van der Waals surface area (Å²) in [4.78, 5) is 26.9. The van der Waals surface area contributed by atoms with Gasteiger partial charge in [0.15, 0.2) is 0 Å². The SMILES string of the molecule is Cc1[nH]ncc1C(=O)N1CCCCC1CCNC(=O)c1ccccc1. The Morgan fingerprint density at radius 1 is 1.28 bits per heavy atom. The van der Waals surface area contributed by atoms with E-state index in [1.807, 2.05) is 30.0 Å². The van der Waals surface area contributed by atoms with Crippen molar-refractivity contribution in [3.05, 3.63) is 53.3 Å². The second-order valence-corrected chi connectivity index (χ2v) is 6.47. The fourth-order valence-electron chi connectivity index (χ4n) is 3.33. The maximum Gasteiger partial charge on any atom is 0.257 e. The number of nitrogens with zero attached hydrogens (tertiary/aromatic N) is 2. The molecule has 0 spiro atoms.